The summed E-state index contributed by atoms with van der Waals surface area (Å²) in [6.07, 6.45) is 3.02. The molecule has 2 N–H and O–H groups in total. The van der Waals surface area contributed by atoms with Gasteiger partial charge in [-0.1, -0.05) is 13.8 Å². The lowest BCUT2D eigenvalue weighted by Crippen LogP contribution is -2.01. The fourth-order valence-electron chi connectivity index (χ4n) is 2.15. The number of hydrogen-bond acceptors (Lipinski definition) is 3. The maximum atomic E-state index is 6.15. The first-order valence-electron chi connectivity index (χ1n) is 7.21. The van der Waals surface area contributed by atoms with Crippen LogP contribution in [0.3, 0.4) is 0 Å². The quantitative estimate of drug-likeness (QED) is 0.877. The normalized spacial score (nSPS) is 10.8. The van der Waals surface area contributed by atoms with E-state index >= 15 is 0 Å². The molecule has 0 amide bonds. The van der Waals surface area contributed by atoms with Crippen molar-refractivity contribution in [1.29, 1.82) is 0 Å². The zero-order valence-electron chi connectivity index (χ0n) is 12.5. The van der Waals surface area contributed by atoms with E-state index in [1.807, 2.05) is 35.9 Å². The van der Waals surface area contributed by atoms with Crippen molar-refractivity contribution >= 4 is 5.82 Å². The van der Waals surface area contributed by atoms with Crippen molar-refractivity contribution in [3.63, 3.8) is 0 Å². The van der Waals surface area contributed by atoms with E-state index in [4.69, 9.17) is 10.5 Å². The van der Waals surface area contributed by atoms with E-state index in [-0.39, 0.29) is 0 Å². The standard InChI is InChI=1S/C16H23N3O/c1-4-6-14-18-15(16(17)19(14)3)12-7-9-13(10-8-12)20-11-5-2/h7-10H,4-6,11,17H2,1-3H3. The number of aryl methyl sites for hydroxylation is 1. The van der Waals surface area contributed by atoms with E-state index in [2.05, 4.69) is 18.8 Å². The Kier molecular flexibility index (Phi) is 4.66. The fraction of sp³-hybridized carbons (Fsp3) is 0.438. The smallest absolute Gasteiger partial charge is 0.131 e. The molecule has 0 aliphatic carbocycles. The molecule has 0 bridgehead atoms. The van der Waals surface area contributed by atoms with Crippen LogP contribution in [0.2, 0.25) is 0 Å². The van der Waals surface area contributed by atoms with Gasteiger partial charge in [-0.15, -0.1) is 0 Å². The summed E-state index contributed by atoms with van der Waals surface area (Å²) in [6.45, 7) is 4.98. The molecule has 0 aliphatic heterocycles. The molecule has 4 heteroatoms. The van der Waals surface area contributed by atoms with Crippen molar-refractivity contribution in [3.8, 4) is 17.0 Å². The number of ether oxygens (including phenoxy) is 1. The summed E-state index contributed by atoms with van der Waals surface area (Å²) in [6, 6.07) is 7.97. The number of aromatic nitrogens is 2. The molecule has 108 valence electrons. The van der Waals surface area contributed by atoms with Crippen molar-refractivity contribution in [3.05, 3.63) is 30.1 Å². The molecule has 0 aliphatic rings. The minimum absolute atomic E-state index is 0.718. The minimum atomic E-state index is 0.718. The van der Waals surface area contributed by atoms with Gasteiger partial charge in [-0.2, -0.15) is 0 Å². The second-order valence-electron chi connectivity index (χ2n) is 4.94. The molecule has 0 saturated carbocycles. The number of imidazole rings is 1. The number of nitrogens with two attached hydrogens (primary N) is 1. The molecule has 0 spiro atoms. The van der Waals surface area contributed by atoms with Gasteiger partial charge in [-0.05, 0) is 37.1 Å². The van der Waals surface area contributed by atoms with Crippen LogP contribution in [0.1, 0.15) is 32.5 Å². The highest BCUT2D eigenvalue weighted by Crippen LogP contribution is 2.27. The number of nitrogen functional groups attached to an aromatic ring is 1. The van der Waals surface area contributed by atoms with Crippen molar-refractivity contribution in [1.82, 2.24) is 9.55 Å². The fourth-order valence-corrected chi connectivity index (χ4v) is 2.15. The van der Waals surface area contributed by atoms with Crippen LogP contribution in [0.25, 0.3) is 11.3 Å². The molecule has 0 atom stereocenters. The third-order valence-electron chi connectivity index (χ3n) is 3.31. The Morgan fingerprint density at radius 3 is 2.45 bits per heavy atom. The maximum Gasteiger partial charge on any atom is 0.131 e. The zero-order valence-corrected chi connectivity index (χ0v) is 12.5. The Morgan fingerprint density at radius 2 is 1.85 bits per heavy atom. The van der Waals surface area contributed by atoms with Crippen LogP contribution in [-0.4, -0.2) is 16.2 Å². The van der Waals surface area contributed by atoms with E-state index in [1.54, 1.807) is 0 Å². The van der Waals surface area contributed by atoms with E-state index in [0.717, 1.165) is 54.5 Å². The molecule has 2 rings (SSSR count). The van der Waals surface area contributed by atoms with Gasteiger partial charge >= 0.3 is 0 Å². The summed E-state index contributed by atoms with van der Waals surface area (Å²) < 4.78 is 7.56. The van der Waals surface area contributed by atoms with Crippen LogP contribution in [0.4, 0.5) is 5.82 Å². The lowest BCUT2D eigenvalue weighted by molar-refractivity contribution is 0.317. The van der Waals surface area contributed by atoms with Gasteiger partial charge < -0.3 is 15.0 Å². The Morgan fingerprint density at radius 1 is 1.15 bits per heavy atom. The van der Waals surface area contributed by atoms with Crippen LogP contribution in [0.15, 0.2) is 24.3 Å². The van der Waals surface area contributed by atoms with Crippen LogP contribution in [0.5, 0.6) is 5.75 Å². The highest BCUT2D eigenvalue weighted by Gasteiger charge is 2.13. The number of nitrogens with zero attached hydrogens (tertiary/aromatic N) is 2. The van der Waals surface area contributed by atoms with Crippen LogP contribution < -0.4 is 10.5 Å². The van der Waals surface area contributed by atoms with Gasteiger partial charge in [0.05, 0.1) is 6.61 Å². The number of rotatable bonds is 6. The van der Waals surface area contributed by atoms with E-state index in [1.165, 1.54) is 0 Å². The predicted molar refractivity (Wildman–Crippen MR) is 82.8 cm³/mol. The Labute approximate surface area is 120 Å². The summed E-state index contributed by atoms with van der Waals surface area (Å²) >= 11 is 0. The summed E-state index contributed by atoms with van der Waals surface area (Å²) in [5, 5.41) is 0. The highest BCUT2D eigenvalue weighted by molar-refractivity contribution is 5.71. The monoisotopic (exact) mass is 273 g/mol. The molecule has 1 aromatic heterocycles. The van der Waals surface area contributed by atoms with Gasteiger partial charge in [0, 0.05) is 19.0 Å². The highest BCUT2D eigenvalue weighted by atomic mass is 16.5. The Balaban J connectivity index is 2.25. The molecule has 0 unspecified atom stereocenters. The van der Waals surface area contributed by atoms with Crippen molar-refractivity contribution in [2.24, 2.45) is 7.05 Å². The summed E-state index contributed by atoms with van der Waals surface area (Å²) in [5.74, 6) is 2.64. The average molecular weight is 273 g/mol. The van der Waals surface area contributed by atoms with Gasteiger partial charge in [0.2, 0.25) is 0 Å². The third kappa shape index (κ3) is 2.95. The molecular weight excluding hydrogens is 250 g/mol. The Hall–Kier alpha value is -1.97. The van der Waals surface area contributed by atoms with Crippen LogP contribution in [-0.2, 0) is 13.5 Å². The minimum Gasteiger partial charge on any atom is -0.494 e. The first-order valence-corrected chi connectivity index (χ1v) is 7.21. The molecule has 20 heavy (non-hydrogen) atoms. The molecule has 0 saturated heterocycles. The van der Waals surface area contributed by atoms with Crippen LogP contribution >= 0.6 is 0 Å². The van der Waals surface area contributed by atoms with E-state index in [9.17, 15) is 0 Å². The lowest BCUT2D eigenvalue weighted by Gasteiger charge is -2.05. The molecular formula is C16H23N3O. The summed E-state index contributed by atoms with van der Waals surface area (Å²) in [5.41, 5.74) is 8.04. The molecule has 2 aromatic rings. The molecule has 1 heterocycles. The number of hydrogen-bond donors (Lipinski definition) is 1. The van der Waals surface area contributed by atoms with E-state index in [0.29, 0.717) is 0 Å². The molecule has 4 nitrogen and oxygen atoms in total. The average Bonchev–Trinajstić information content (AvgIpc) is 2.75. The van der Waals surface area contributed by atoms with Gasteiger partial charge in [-0.25, -0.2) is 4.98 Å². The molecule has 1 aromatic carbocycles. The molecule has 0 fully saturated rings. The topological polar surface area (TPSA) is 53.1 Å². The second kappa shape index (κ2) is 6.46. The zero-order chi connectivity index (χ0) is 14.5. The number of anilines is 1. The third-order valence-corrected chi connectivity index (χ3v) is 3.31. The van der Waals surface area contributed by atoms with Crippen molar-refractivity contribution < 1.29 is 4.74 Å². The van der Waals surface area contributed by atoms with Gasteiger partial charge in [-0.3, -0.25) is 0 Å². The first-order chi connectivity index (χ1) is 9.67. The lowest BCUT2D eigenvalue weighted by atomic mass is 10.1. The SMILES string of the molecule is CCCOc1ccc(-c2nc(CCC)n(C)c2N)cc1. The Bertz CT molecular complexity index is 558. The predicted octanol–water partition coefficient (Wildman–Crippen LogP) is 3.41. The van der Waals surface area contributed by atoms with Crippen LogP contribution in [0, 0.1) is 0 Å². The summed E-state index contributed by atoms with van der Waals surface area (Å²) in [7, 11) is 1.97. The van der Waals surface area contributed by atoms with Gasteiger partial charge in [0.15, 0.2) is 0 Å². The summed E-state index contributed by atoms with van der Waals surface area (Å²) in [4.78, 5) is 4.66. The number of benzene rings is 1. The second-order valence-corrected chi connectivity index (χ2v) is 4.94. The van der Waals surface area contributed by atoms with E-state index < -0.39 is 0 Å². The first kappa shape index (κ1) is 14.4. The maximum absolute atomic E-state index is 6.15. The molecule has 0 radical (unpaired) electrons. The van der Waals surface area contributed by atoms with Crippen molar-refractivity contribution in [2.75, 3.05) is 12.3 Å². The van der Waals surface area contributed by atoms with Gasteiger partial charge in [0.1, 0.15) is 23.1 Å². The van der Waals surface area contributed by atoms with Crippen molar-refractivity contribution in [2.45, 2.75) is 33.1 Å². The largest absolute Gasteiger partial charge is 0.494 e. The van der Waals surface area contributed by atoms with Gasteiger partial charge in [0.25, 0.3) is 0 Å².